The van der Waals surface area contributed by atoms with Crippen LogP contribution in [0.4, 0.5) is 4.79 Å². The van der Waals surface area contributed by atoms with Crippen LogP contribution in [0.5, 0.6) is 0 Å². The van der Waals surface area contributed by atoms with Crippen LogP contribution in [0.1, 0.15) is 18.4 Å². The van der Waals surface area contributed by atoms with Crippen molar-refractivity contribution in [1.82, 2.24) is 4.90 Å². The number of hydrogen-bond donors (Lipinski definition) is 2. The highest BCUT2D eigenvalue weighted by atomic mass is 16.4. The van der Waals surface area contributed by atoms with Gasteiger partial charge in [-0.2, -0.15) is 0 Å². The van der Waals surface area contributed by atoms with E-state index < -0.39 is 6.09 Å². The van der Waals surface area contributed by atoms with Crippen molar-refractivity contribution < 1.29 is 15.0 Å². The van der Waals surface area contributed by atoms with Crippen molar-refractivity contribution in [2.24, 2.45) is 5.92 Å². The average Bonchev–Trinajstić information content (AvgIpc) is 2.28. The molecule has 1 aliphatic carbocycles. The van der Waals surface area contributed by atoms with Crippen molar-refractivity contribution in [3.05, 3.63) is 35.9 Å². The number of amides is 1. The average molecular weight is 235 g/mol. The number of hydrogen-bond acceptors (Lipinski definition) is 2. The molecule has 17 heavy (non-hydrogen) atoms. The lowest BCUT2D eigenvalue weighted by Crippen LogP contribution is -2.50. The molecule has 0 spiro atoms. The maximum atomic E-state index is 11.2. The summed E-state index contributed by atoms with van der Waals surface area (Å²) in [6.45, 7) is 0.473. The highest BCUT2D eigenvalue weighted by Crippen LogP contribution is 2.32. The number of aliphatic hydroxyl groups is 1. The zero-order valence-electron chi connectivity index (χ0n) is 9.62. The van der Waals surface area contributed by atoms with Crippen molar-refractivity contribution in [2.45, 2.75) is 25.4 Å². The summed E-state index contributed by atoms with van der Waals surface area (Å²) in [6.07, 6.45) is 0.862. The molecule has 1 fully saturated rings. The van der Waals surface area contributed by atoms with E-state index in [1.165, 1.54) is 4.90 Å². The number of rotatable bonds is 4. The molecule has 1 aromatic rings. The van der Waals surface area contributed by atoms with Gasteiger partial charge in [-0.25, -0.2) is 4.79 Å². The smallest absolute Gasteiger partial charge is 0.407 e. The van der Waals surface area contributed by atoms with Gasteiger partial charge in [-0.15, -0.1) is 0 Å². The van der Waals surface area contributed by atoms with Gasteiger partial charge in [-0.3, -0.25) is 0 Å². The van der Waals surface area contributed by atoms with Crippen molar-refractivity contribution in [1.29, 1.82) is 0 Å². The van der Waals surface area contributed by atoms with Crippen LogP contribution in [0.3, 0.4) is 0 Å². The predicted octanol–water partition coefficient (Wildman–Crippen LogP) is 1.94. The molecule has 0 heterocycles. The molecule has 4 heteroatoms. The van der Waals surface area contributed by atoms with Crippen LogP contribution in [0.2, 0.25) is 0 Å². The van der Waals surface area contributed by atoms with E-state index >= 15 is 0 Å². The third-order valence-electron chi connectivity index (χ3n) is 3.45. The van der Waals surface area contributed by atoms with E-state index in [0.29, 0.717) is 6.54 Å². The first-order chi connectivity index (χ1) is 8.22. The first kappa shape index (κ1) is 11.9. The molecular weight excluding hydrogens is 218 g/mol. The summed E-state index contributed by atoms with van der Waals surface area (Å²) in [5, 5.41) is 18.4. The minimum Gasteiger partial charge on any atom is -0.465 e. The molecule has 2 N–H and O–H groups in total. The Kier molecular flexibility index (Phi) is 3.64. The quantitative estimate of drug-likeness (QED) is 0.838. The summed E-state index contributed by atoms with van der Waals surface area (Å²) < 4.78 is 0. The molecule has 0 aromatic heterocycles. The zero-order chi connectivity index (χ0) is 12.3. The van der Waals surface area contributed by atoms with E-state index in [2.05, 4.69) is 0 Å². The molecule has 0 unspecified atom stereocenters. The maximum Gasteiger partial charge on any atom is 0.407 e. The number of carboxylic acid groups (broad SMARTS) is 1. The first-order valence-electron chi connectivity index (χ1n) is 5.86. The molecule has 2 atom stereocenters. The van der Waals surface area contributed by atoms with Crippen molar-refractivity contribution in [3.63, 3.8) is 0 Å². The fourth-order valence-corrected chi connectivity index (χ4v) is 2.28. The molecule has 0 radical (unpaired) electrons. The van der Waals surface area contributed by atoms with Gasteiger partial charge in [0.15, 0.2) is 0 Å². The van der Waals surface area contributed by atoms with Gasteiger partial charge in [-0.1, -0.05) is 30.3 Å². The Balaban J connectivity index is 2.06. The molecule has 4 nitrogen and oxygen atoms in total. The van der Waals surface area contributed by atoms with Gasteiger partial charge in [-0.05, 0) is 18.4 Å². The molecule has 0 saturated heterocycles. The van der Waals surface area contributed by atoms with Crippen LogP contribution >= 0.6 is 0 Å². The van der Waals surface area contributed by atoms with Crippen molar-refractivity contribution >= 4 is 6.09 Å². The standard InChI is InChI=1S/C13H17NO3/c15-9-11-6-7-12(11)14(13(16)17)8-10-4-2-1-3-5-10/h1-5,11-12,15H,6-9H2,(H,16,17)/t11-,12+/m1/s1. The lowest BCUT2D eigenvalue weighted by molar-refractivity contribution is 0.0259. The zero-order valence-corrected chi connectivity index (χ0v) is 9.62. The Morgan fingerprint density at radius 1 is 1.29 bits per heavy atom. The highest BCUT2D eigenvalue weighted by molar-refractivity contribution is 5.65. The normalized spacial score (nSPS) is 22.9. The summed E-state index contributed by atoms with van der Waals surface area (Å²) >= 11 is 0. The Labute approximate surface area is 100 Å². The SMILES string of the molecule is O=C(O)N(Cc1ccccc1)[C@H]1CC[C@@H]1CO. The molecule has 0 bridgehead atoms. The topological polar surface area (TPSA) is 60.8 Å². The molecule has 1 aliphatic rings. The van der Waals surface area contributed by atoms with Crippen molar-refractivity contribution in [2.75, 3.05) is 6.61 Å². The molecule has 1 aromatic carbocycles. The minimum atomic E-state index is -0.906. The molecule has 92 valence electrons. The Morgan fingerprint density at radius 2 is 2.00 bits per heavy atom. The predicted molar refractivity (Wildman–Crippen MR) is 63.6 cm³/mol. The Morgan fingerprint density at radius 3 is 2.47 bits per heavy atom. The largest absolute Gasteiger partial charge is 0.465 e. The summed E-state index contributed by atoms with van der Waals surface area (Å²) in [6, 6.07) is 9.52. The van der Waals surface area contributed by atoms with Crippen LogP contribution in [-0.4, -0.2) is 33.9 Å². The second-order valence-electron chi connectivity index (χ2n) is 4.48. The molecule has 1 amide bonds. The van der Waals surface area contributed by atoms with Gasteiger partial charge in [0, 0.05) is 25.1 Å². The summed E-state index contributed by atoms with van der Waals surface area (Å²) in [5.41, 5.74) is 0.985. The molecule has 2 rings (SSSR count). The second kappa shape index (κ2) is 5.19. The fourth-order valence-electron chi connectivity index (χ4n) is 2.28. The van der Waals surface area contributed by atoms with Crippen LogP contribution < -0.4 is 0 Å². The van der Waals surface area contributed by atoms with Crippen LogP contribution in [0.25, 0.3) is 0 Å². The van der Waals surface area contributed by atoms with E-state index in [4.69, 9.17) is 5.11 Å². The van der Waals surface area contributed by atoms with Gasteiger partial charge < -0.3 is 15.1 Å². The van der Waals surface area contributed by atoms with E-state index in [0.717, 1.165) is 18.4 Å². The third kappa shape index (κ3) is 2.58. The lowest BCUT2D eigenvalue weighted by Gasteiger charge is -2.42. The highest BCUT2D eigenvalue weighted by Gasteiger charge is 2.37. The minimum absolute atomic E-state index is 0.0299. The maximum absolute atomic E-state index is 11.2. The number of aliphatic hydroxyl groups excluding tert-OH is 1. The summed E-state index contributed by atoms with van der Waals surface area (Å²) in [7, 11) is 0. The van der Waals surface area contributed by atoms with E-state index in [-0.39, 0.29) is 18.6 Å². The molecular formula is C13H17NO3. The first-order valence-corrected chi connectivity index (χ1v) is 5.86. The van der Waals surface area contributed by atoms with Crippen molar-refractivity contribution in [3.8, 4) is 0 Å². The summed E-state index contributed by atoms with van der Waals surface area (Å²) in [4.78, 5) is 12.7. The van der Waals surface area contributed by atoms with Gasteiger partial charge >= 0.3 is 6.09 Å². The van der Waals surface area contributed by atoms with Gasteiger partial charge in [0.25, 0.3) is 0 Å². The number of benzene rings is 1. The van der Waals surface area contributed by atoms with E-state index in [9.17, 15) is 9.90 Å². The van der Waals surface area contributed by atoms with Gasteiger partial charge in [0.1, 0.15) is 0 Å². The summed E-state index contributed by atoms with van der Waals surface area (Å²) in [5.74, 6) is 0.106. The second-order valence-corrected chi connectivity index (χ2v) is 4.48. The number of nitrogens with zero attached hydrogens (tertiary/aromatic N) is 1. The number of carbonyl (C=O) groups is 1. The van der Waals surface area contributed by atoms with Crippen LogP contribution in [0.15, 0.2) is 30.3 Å². The van der Waals surface area contributed by atoms with Crippen LogP contribution in [0, 0.1) is 5.92 Å². The Bertz CT molecular complexity index is 378. The monoisotopic (exact) mass is 235 g/mol. The lowest BCUT2D eigenvalue weighted by atomic mass is 9.79. The van der Waals surface area contributed by atoms with Gasteiger partial charge in [0.05, 0.1) is 0 Å². The van der Waals surface area contributed by atoms with Crippen LogP contribution in [-0.2, 0) is 6.54 Å². The third-order valence-corrected chi connectivity index (χ3v) is 3.45. The van der Waals surface area contributed by atoms with Gasteiger partial charge in [0.2, 0.25) is 0 Å². The Hall–Kier alpha value is -1.55. The molecule has 1 saturated carbocycles. The van der Waals surface area contributed by atoms with E-state index in [1.54, 1.807) is 0 Å². The molecule has 0 aliphatic heterocycles. The fraction of sp³-hybridized carbons (Fsp3) is 0.462. The van der Waals surface area contributed by atoms with E-state index in [1.807, 2.05) is 30.3 Å².